The molecule has 0 saturated heterocycles. The maximum Gasteiger partial charge on any atom is 0.132 e. The third-order valence-corrected chi connectivity index (χ3v) is 7.34. The molecule has 0 unspecified atom stereocenters. The van der Waals surface area contributed by atoms with Crippen LogP contribution in [0.15, 0.2) is 91.0 Å². The Labute approximate surface area is 222 Å². The van der Waals surface area contributed by atoms with E-state index in [-0.39, 0.29) is 19.1 Å². The molecule has 4 N–H and O–H groups in total. The van der Waals surface area contributed by atoms with E-state index in [1.807, 2.05) is 0 Å². The molecule has 0 saturated carbocycles. The fourth-order valence-corrected chi connectivity index (χ4v) is 5.63. The Hall–Kier alpha value is -3.74. The largest absolute Gasteiger partial charge is 0.457 e. The number of nitrogens with one attached hydrogen (secondary N) is 2. The summed E-state index contributed by atoms with van der Waals surface area (Å²) in [6.07, 6.45) is 0. The lowest BCUT2D eigenvalue weighted by molar-refractivity contribution is 0.291. The molecule has 5 heteroatoms. The molecule has 0 aromatic heterocycles. The summed E-state index contributed by atoms with van der Waals surface area (Å²) in [5.41, 5.74) is 5.99. The lowest BCUT2D eigenvalue weighted by atomic mass is 9.78. The molecule has 0 radical (unpaired) electrons. The van der Waals surface area contributed by atoms with Gasteiger partial charge in [-0.05, 0) is 62.5 Å². The van der Waals surface area contributed by atoms with Crippen molar-refractivity contribution in [3.63, 3.8) is 0 Å². The molecule has 0 spiro atoms. The summed E-state index contributed by atoms with van der Waals surface area (Å²) in [7, 11) is 0. The Morgan fingerprint density at radius 1 is 0.605 bits per heavy atom. The summed E-state index contributed by atoms with van der Waals surface area (Å²) in [6.45, 7) is 2.85. The van der Waals surface area contributed by atoms with Crippen molar-refractivity contribution in [2.24, 2.45) is 0 Å². The smallest absolute Gasteiger partial charge is 0.132 e. The van der Waals surface area contributed by atoms with Crippen molar-refractivity contribution in [3.05, 3.63) is 119 Å². The van der Waals surface area contributed by atoms with Gasteiger partial charge in [0, 0.05) is 43.2 Å². The van der Waals surface area contributed by atoms with Gasteiger partial charge in [-0.15, -0.1) is 0 Å². The van der Waals surface area contributed by atoms with Crippen LogP contribution in [-0.2, 0) is 13.1 Å². The number of ether oxygens (including phenoxy) is 1. The number of aliphatic hydroxyl groups is 2. The van der Waals surface area contributed by atoms with E-state index >= 15 is 0 Å². The SMILES string of the molecule is OCCNCc1ccc2c3c(ccc2c1)Oc1ccc2cc(CNCCO)ccc2c1C3c1ccccc1. The highest BCUT2D eigenvalue weighted by atomic mass is 16.5. The maximum absolute atomic E-state index is 9.12. The maximum atomic E-state index is 9.12. The van der Waals surface area contributed by atoms with Crippen LogP contribution in [-0.4, -0.2) is 36.5 Å². The summed E-state index contributed by atoms with van der Waals surface area (Å²) in [4.78, 5) is 0. The third kappa shape index (κ3) is 4.66. The molecule has 0 aliphatic carbocycles. The second kappa shape index (κ2) is 10.9. The summed E-state index contributed by atoms with van der Waals surface area (Å²) >= 11 is 0. The van der Waals surface area contributed by atoms with Gasteiger partial charge in [0.25, 0.3) is 0 Å². The van der Waals surface area contributed by atoms with Crippen LogP contribution in [0.3, 0.4) is 0 Å². The second-order valence-corrected chi connectivity index (χ2v) is 9.81. The van der Waals surface area contributed by atoms with Crippen LogP contribution >= 0.6 is 0 Å². The minimum Gasteiger partial charge on any atom is -0.457 e. The van der Waals surface area contributed by atoms with Gasteiger partial charge in [-0.25, -0.2) is 0 Å². The molecule has 192 valence electrons. The molecule has 5 aromatic carbocycles. The molecule has 38 heavy (non-hydrogen) atoms. The van der Waals surface area contributed by atoms with E-state index < -0.39 is 0 Å². The van der Waals surface area contributed by atoms with E-state index in [1.165, 1.54) is 49.4 Å². The van der Waals surface area contributed by atoms with Crippen LogP contribution in [0.4, 0.5) is 0 Å². The zero-order valence-corrected chi connectivity index (χ0v) is 21.3. The molecule has 0 fully saturated rings. The Bertz CT molecular complexity index is 1480. The molecule has 1 aliphatic rings. The van der Waals surface area contributed by atoms with Crippen molar-refractivity contribution in [2.75, 3.05) is 26.3 Å². The highest BCUT2D eigenvalue weighted by molar-refractivity contribution is 5.95. The first-order chi connectivity index (χ1) is 18.8. The number of rotatable bonds is 9. The summed E-state index contributed by atoms with van der Waals surface area (Å²) < 4.78 is 6.58. The standard InChI is InChI=1S/C33H32N2O3/c36-16-14-34-20-22-6-10-27-25(18-22)8-12-29-32(27)31(24-4-2-1-3-5-24)33-28-11-7-23(21-35-15-17-37)19-26(28)9-13-30(33)38-29/h1-13,18-19,31,34-37H,14-17,20-21H2. The number of aliphatic hydroxyl groups excluding tert-OH is 2. The predicted molar refractivity (Wildman–Crippen MR) is 153 cm³/mol. The van der Waals surface area contributed by atoms with E-state index in [4.69, 9.17) is 14.9 Å². The van der Waals surface area contributed by atoms with Crippen LogP contribution in [0.1, 0.15) is 33.7 Å². The average molecular weight is 505 g/mol. The molecule has 0 amide bonds. The van der Waals surface area contributed by atoms with Gasteiger partial charge in [-0.2, -0.15) is 0 Å². The number of benzene rings is 5. The second-order valence-electron chi connectivity index (χ2n) is 9.81. The predicted octanol–water partition coefficient (Wildman–Crippen LogP) is 5.44. The van der Waals surface area contributed by atoms with E-state index in [9.17, 15) is 0 Å². The van der Waals surface area contributed by atoms with E-state index in [0.717, 1.165) is 24.6 Å². The van der Waals surface area contributed by atoms with E-state index in [0.29, 0.717) is 13.1 Å². The Morgan fingerprint density at radius 3 is 1.63 bits per heavy atom. The van der Waals surface area contributed by atoms with Gasteiger partial charge in [-0.1, -0.05) is 66.7 Å². The average Bonchev–Trinajstić information content (AvgIpc) is 2.96. The van der Waals surface area contributed by atoms with Crippen molar-refractivity contribution in [3.8, 4) is 11.5 Å². The number of fused-ring (bicyclic) bond motifs is 6. The minimum absolute atomic E-state index is 0.0269. The minimum atomic E-state index is 0.0269. The highest BCUT2D eigenvalue weighted by Gasteiger charge is 2.32. The summed E-state index contributed by atoms with van der Waals surface area (Å²) in [5.74, 6) is 1.82. The van der Waals surface area contributed by atoms with Crippen molar-refractivity contribution in [2.45, 2.75) is 19.0 Å². The van der Waals surface area contributed by atoms with Gasteiger partial charge in [-0.3, -0.25) is 0 Å². The lowest BCUT2D eigenvalue weighted by Crippen LogP contribution is -2.17. The normalized spacial score (nSPS) is 12.9. The van der Waals surface area contributed by atoms with Gasteiger partial charge in [0.15, 0.2) is 0 Å². The van der Waals surface area contributed by atoms with Crippen molar-refractivity contribution in [1.29, 1.82) is 0 Å². The third-order valence-electron chi connectivity index (χ3n) is 7.34. The van der Waals surface area contributed by atoms with Crippen molar-refractivity contribution < 1.29 is 14.9 Å². The first kappa shape index (κ1) is 24.6. The zero-order chi connectivity index (χ0) is 25.9. The van der Waals surface area contributed by atoms with Gasteiger partial charge in [0.2, 0.25) is 0 Å². The molecule has 5 nitrogen and oxygen atoms in total. The molecule has 6 rings (SSSR count). The van der Waals surface area contributed by atoms with Crippen LogP contribution in [0.5, 0.6) is 11.5 Å². The molecule has 0 atom stereocenters. The topological polar surface area (TPSA) is 73.8 Å². The molecule has 1 heterocycles. The molecular formula is C33H32N2O3. The van der Waals surface area contributed by atoms with Gasteiger partial charge in [0.1, 0.15) is 11.5 Å². The Balaban J connectivity index is 1.50. The molecule has 1 aliphatic heterocycles. The van der Waals surface area contributed by atoms with Crippen molar-refractivity contribution in [1.82, 2.24) is 10.6 Å². The van der Waals surface area contributed by atoms with E-state index in [1.54, 1.807) is 0 Å². The van der Waals surface area contributed by atoms with Crippen LogP contribution in [0, 0.1) is 0 Å². The molecular weight excluding hydrogens is 472 g/mol. The van der Waals surface area contributed by atoms with Crippen LogP contribution in [0.2, 0.25) is 0 Å². The van der Waals surface area contributed by atoms with Gasteiger partial charge >= 0.3 is 0 Å². The lowest BCUT2D eigenvalue weighted by Gasteiger charge is -2.31. The monoisotopic (exact) mass is 504 g/mol. The summed E-state index contributed by atoms with van der Waals surface area (Å²) in [6, 6.07) is 32.4. The highest BCUT2D eigenvalue weighted by Crippen LogP contribution is 2.52. The fraction of sp³-hybridized carbons (Fsp3) is 0.212. The van der Waals surface area contributed by atoms with Crippen LogP contribution < -0.4 is 15.4 Å². The number of hydrogen-bond acceptors (Lipinski definition) is 5. The fourth-order valence-electron chi connectivity index (χ4n) is 5.63. The molecule has 5 aromatic rings. The summed E-state index contributed by atoms with van der Waals surface area (Å²) in [5, 5.41) is 29.5. The molecule has 0 bridgehead atoms. The Kier molecular flexibility index (Phi) is 7.08. The first-order valence-corrected chi connectivity index (χ1v) is 13.2. The van der Waals surface area contributed by atoms with Gasteiger partial charge < -0.3 is 25.6 Å². The Morgan fingerprint density at radius 2 is 1.13 bits per heavy atom. The first-order valence-electron chi connectivity index (χ1n) is 13.2. The van der Waals surface area contributed by atoms with Gasteiger partial charge in [0.05, 0.1) is 13.2 Å². The van der Waals surface area contributed by atoms with E-state index in [2.05, 4.69) is 102 Å². The number of hydrogen-bond donors (Lipinski definition) is 4. The quantitative estimate of drug-likeness (QED) is 0.197. The zero-order valence-electron chi connectivity index (χ0n) is 21.3. The van der Waals surface area contributed by atoms with Crippen LogP contribution in [0.25, 0.3) is 21.5 Å². The van der Waals surface area contributed by atoms with Crippen molar-refractivity contribution >= 4 is 21.5 Å².